The van der Waals surface area contributed by atoms with E-state index in [1.807, 2.05) is 35.2 Å². The molecule has 122 valence electrons. The fraction of sp³-hybridized carbons (Fsp3) is 0.300. The lowest BCUT2D eigenvalue weighted by molar-refractivity contribution is 0.0401. The molecular weight excluding hydrogens is 300 g/mol. The largest absolute Gasteiger partial charge is 0.388 e. The van der Waals surface area contributed by atoms with Crippen molar-refractivity contribution in [3.63, 3.8) is 0 Å². The highest BCUT2D eigenvalue weighted by Gasteiger charge is 2.29. The van der Waals surface area contributed by atoms with Crippen LogP contribution in [0.5, 0.6) is 0 Å². The summed E-state index contributed by atoms with van der Waals surface area (Å²) in [5.41, 5.74) is 2.06. The maximum absolute atomic E-state index is 12.6. The van der Waals surface area contributed by atoms with Crippen molar-refractivity contribution in [2.45, 2.75) is 18.9 Å². The zero-order valence-electron chi connectivity index (χ0n) is 13.4. The van der Waals surface area contributed by atoms with Gasteiger partial charge in [0.05, 0.1) is 12.7 Å². The van der Waals surface area contributed by atoms with Crippen molar-refractivity contribution in [1.29, 1.82) is 0 Å². The van der Waals surface area contributed by atoms with E-state index >= 15 is 0 Å². The van der Waals surface area contributed by atoms with Crippen LogP contribution in [-0.2, 0) is 0 Å². The molecule has 0 saturated carbocycles. The lowest BCUT2D eigenvalue weighted by atomic mass is 9.88. The Hall–Kier alpha value is -2.64. The summed E-state index contributed by atoms with van der Waals surface area (Å²) in [5.74, 6) is 0.0426. The Bertz CT molecular complexity index is 734. The van der Waals surface area contributed by atoms with Crippen LogP contribution in [0.25, 0.3) is 4.85 Å². The Morgan fingerprint density at radius 2 is 1.88 bits per heavy atom. The number of aliphatic hydroxyl groups is 1. The van der Waals surface area contributed by atoms with Crippen LogP contribution in [0.4, 0.5) is 5.69 Å². The van der Waals surface area contributed by atoms with E-state index in [0.29, 0.717) is 17.8 Å². The first-order valence-electron chi connectivity index (χ1n) is 8.19. The Morgan fingerprint density at radius 3 is 2.54 bits per heavy atom. The van der Waals surface area contributed by atoms with Crippen molar-refractivity contribution < 1.29 is 9.90 Å². The maximum Gasteiger partial charge on any atom is 0.253 e. The van der Waals surface area contributed by atoms with E-state index in [0.717, 1.165) is 24.9 Å². The number of aliphatic hydroxyl groups excluding tert-OH is 1. The lowest BCUT2D eigenvalue weighted by Gasteiger charge is -2.35. The number of rotatable bonds is 3. The molecule has 0 aromatic heterocycles. The van der Waals surface area contributed by atoms with Gasteiger partial charge in [0, 0.05) is 24.6 Å². The second-order valence-electron chi connectivity index (χ2n) is 6.17. The van der Waals surface area contributed by atoms with Crippen molar-refractivity contribution >= 4 is 11.6 Å². The normalized spacial score (nSPS) is 18.7. The highest BCUT2D eigenvalue weighted by Crippen LogP contribution is 2.31. The third kappa shape index (κ3) is 3.47. The van der Waals surface area contributed by atoms with Gasteiger partial charge in [-0.05, 0) is 30.5 Å². The number of hydrogen-bond donors (Lipinski definition) is 1. The van der Waals surface area contributed by atoms with E-state index in [1.165, 1.54) is 0 Å². The van der Waals surface area contributed by atoms with Gasteiger partial charge in [-0.25, -0.2) is 4.85 Å². The predicted octanol–water partition coefficient (Wildman–Crippen LogP) is 3.82. The fourth-order valence-electron chi connectivity index (χ4n) is 3.23. The second kappa shape index (κ2) is 7.29. The maximum atomic E-state index is 12.6. The molecule has 1 N–H and O–H groups in total. The second-order valence-corrected chi connectivity index (χ2v) is 6.17. The number of carbonyl (C=O) groups is 1. The molecule has 1 saturated heterocycles. The topological polar surface area (TPSA) is 44.9 Å². The molecular formula is C20H20N2O2. The molecule has 1 aliphatic heterocycles. The van der Waals surface area contributed by atoms with Crippen molar-refractivity contribution in [2.75, 3.05) is 13.1 Å². The van der Waals surface area contributed by atoms with Gasteiger partial charge < -0.3 is 10.0 Å². The van der Waals surface area contributed by atoms with Crippen molar-refractivity contribution in [3.05, 3.63) is 77.1 Å². The van der Waals surface area contributed by atoms with Crippen molar-refractivity contribution in [1.82, 2.24) is 4.90 Å². The van der Waals surface area contributed by atoms with Crippen molar-refractivity contribution in [3.8, 4) is 0 Å². The number of carbonyl (C=O) groups excluding carboxylic acids is 1. The summed E-state index contributed by atoms with van der Waals surface area (Å²) >= 11 is 0. The van der Waals surface area contributed by atoms with Crippen LogP contribution in [0.3, 0.4) is 0 Å². The number of likely N-dealkylation sites (tertiary alicyclic amines) is 1. The number of hydrogen-bond acceptors (Lipinski definition) is 2. The quantitative estimate of drug-likeness (QED) is 0.874. The molecule has 1 amide bonds. The molecule has 4 heteroatoms. The van der Waals surface area contributed by atoms with Crippen LogP contribution < -0.4 is 0 Å². The van der Waals surface area contributed by atoms with E-state index < -0.39 is 6.10 Å². The Labute approximate surface area is 142 Å². The molecule has 2 aromatic rings. The minimum absolute atomic E-state index is 0.0187. The molecule has 1 aliphatic rings. The Balaban J connectivity index is 1.70. The van der Waals surface area contributed by atoms with Gasteiger partial charge in [-0.2, -0.15) is 0 Å². The first kappa shape index (κ1) is 16.2. The van der Waals surface area contributed by atoms with Crippen LogP contribution in [-0.4, -0.2) is 29.0 Å². The number of nitrogens with zero attached hydrogens (tertiary/aromatic N) is 2. The van der Waals surface area contributed by atoms with Crippen LogP contribution in [0.2, 0.25) is 0 Å². The molecule has 1 fully saturated rings. The monoisotopic (exact) mass is 320 g/mol. The summed E-state index contributed by atoms with van der Waals surface area (Å²) in [5, 5.41) is 10.7. The molecule has 0 aliphatic carbocycles. The summed E-state index contributed by atoms with van der Waals surface area (Å²) in [7, 11) is 0. The first-order valence-corrected chi connectivity index (χ1v) is 8.19. The summed E-state index contributed by atoms with van der Waals surface area (Å²) < 4.78 is 0. The molecule has 0 bridgehead atoms. The average molecular weight is 320 g/mol. The van der Waals surface area contributed by atoms with E-state index in [2.05, 4.69) is 4.85 Å². The van der Waals surface area contributed by atoms with Crippen LogP contribution >= 0.6 is 0 Å². The van der Waals surface area contributed by atoms with Gasteiger partial charge in [0.15, 0.2) is 5.69 Å². The van der Waals surface area contributed by atoms with Crippen LogP contribution in [0.15, 0.2) is 54.6 Å². The summed E-state index contributed by atoms with van der Waals surface area (Å²) in [6.07, 6.45) is 1.17. The van der Waals surface area contributed by atoms with Gasteiger partial charge in [0.25, 0.3) is 5.91 Å². The highest BCUT2D eigenvalue weighted by atomic mass is 16.3. The van der Waals surface area contributed by atoms with Gasteiger partial charge in [-0.1, -0.05) is 42.5 Å². The van der Waals surface area contributed by atoms with Gasteiger partial charge in [0.1, 0.15) is 0 Å². The zero-order valence-corrected chi connectivity index (χ0v) is 13.4. The van der Waals surface area contributed by atoms with Gasteiger partial charge in [-0.3, -0.25) is 4.79 Å². The number of piperidine rings is 1. The van der Waals surface area contributed by atoms with E-state index in [1.54, 1.807) is 24.3 Å². The Morgan fingerprint density at radius 1 is 1.17 bits per heavy atom. The number of amides is 1. The molecule has 2 aromatic carbocycles. The third-order valence-electron chi connectivity index (χ3n) is 4.58. The van der Waals surface area contributed by atoms with Gasteiger partial charge >= 0.3 is 0 Å². The SMILES string of the molecule is [C-]#[N+]c1ccc(C(O)C2CCCN(C(=O)c3ccccc3)C2)cc1. The molecule has 2 atom stereocenters. The van der Waals surface area contributed by atoms with E-state index in [4.69, 9.17) is 6.57 Å². The van der Waals surface area contributed by atoms with E-state index in [-0.39, 0.29) is 11.8 Å². The third-order valence-corrected chi connectivity index (χ3v) is 4.58. The van der Waals surface area contributed by atoms with E-state index in [9.17, 15) is 9.90 Å². The average Bonchev–Trinajstić information content (AvgIpc) is 2.67. The van der Waals surface area contributed by atoms with Crippen molar-refractivity contribution in [2.24, 2.45) is 5.92 Å². The predicted molar refractivity (Wildman–Crippen MR) is 92.7 cm³/mol. The minimum Gasteiger partial charge on any atom is -0.388 e. The molecule has 3 rings (SSSR count). The molecule has 2 unspecified atom stereocenters. The highest BCUT2D eigenvalue weighted by molar-refractivity contribution is 5.94. The number of benzene rings is 2. The summed E-state index contributed by atoms with van der Waals surface area (Å²) in [6, 6.07) is 16.3. The lowest BCUT2D eigenvalue weighted by Crippen LogP contribution is -2.41. The summed E-state index contributed by atoms with van der Waals surface area (Å²) in [6.45, 7) is 8.28. The zero-order chi connectivity index (χ0) is 16.9. The molecule has 4 nitrogen and oxygen atoms in total. The molecule has 24 heavy (non-hydrogen) atoms. The summed E-state index contributed by atoms with van der Waals surface area (Å²) in [4.78, 5) is 17.8. The minimum atomic E-state index is -0.615. The fourth-order valence-corrected chi connectivity index (χ4v) is 3.23. The molecule has 0 spiro atoms. The van der Waals surface area contributed by atoms with Crippen LogP contribution in [0.1, 0.15) is 34.9 Å². The van der Waals surface area contributed by atoms with Gasteiger partial charge in [0.2, 0.25) is 0 Å². The Kier molecular flexibility index (Phi) is 4.93. The molecule has 0 radical (unpaired) electrons. The molecule has 1 heterocycles. The first-order chi connectivity index (χ1) is 11.7. The van der Waals surface area contributed by atoms with Crippen LogP contribution in [0, 0.1) is 12.5 Å². The van der Waals surface area contributed by atoms with Gasteiger partial charge in [-0.15, -0.1) is 0 Å². The standard InChI is InChI=1S/C20H20N2O2/c1-21-18-11-9-15(10-12-18)19(23)17-8-5-13-22(14-17)20(24)16-6-3-2-4-7-16/h2-4,6-7,9-12,17,19,23H,5,8,13-14H2. The smallest absolute Gasteiger partial charge is 0.253 e.